The Morgan fingerprint density at radius 1 is 1.22 bits per heavy atom. The first-order valence-corrected chi connectivity index (χ1v) is 7.58. The molecule has 0 aliphatic heterocycles. The van der Waals surface area contributed by atoms with Crippen LogP contribution >= 0.6 is 11.3 Å². The van der Waals surface area contributed by atoms with E-state index in [1.807, 2.05) is 24.3 Å². The molecule has 1 aromatic heterocycles. The Morgan fingerprint density at radius 3 is 2.83 bits per heavy atom. The van der Waals surface area contributed by atoms with E-state index in [4.69, 9.17) is 10.5 Å². The number of hydrogen-bond acceptors (Lipinski definition) is 7. The number of anilines is 1. The number of phenols is 1. The molecular weight excluding hydrogens is 312 g/mol. The highest BCUT2D eigenvalue weighted by molar-refractivity contribution is 7.18. The minimum absolute atomic E-state index is 0.0977. The van der Waals surface area contributed by atoms with Crippen LogP contribution in [0.15, 0.2) is 47.5 Å². The summed E-state index contributed by atoms with van der Waals surface area (Å²) in [6.45, 7) is 0. The monoisotopic (exact) mass is 326 g/mol. The van der Waals surface area contributed by atoms with Crippen LogP contribution < -0.4 is 10.5 Å². The molecule has 0 bridgehead atoms. The first kappa shape index (κ1) is 15.0. The van der Waals surface area contributed by atoms with Gasteiger partial charge in [0, 0.05) is 11.8 Å². The zero-order valence-corrected chi connectivity index (χ0v) is 13.1. The fourth-order valence-corrected chi connectivity index (χ4v) is 2.60. The number of ether oxygens (including phenoxy) is 1. The summed E-state index contributed by atoms with van der Waals surface area (Å²) in [5, 5.41) is 18.6. The highest BCUT2D eigenvalue weighted by Crippen LogP contribution is 2.28. The van der Waals surface area contributed by atoms with Gasteiger partial charge in [-0.2, -0.15) is 0 Å². The summed E-state index contributed by atoms with van der Waals surface area (Å²) in [5.41, 5.74) is 8.13. The first-order valence-electron chi connectivity index (χ1n) is 6.76. The van der Waals surface area contributed by atoms with E-state index in [0.29, 0.717) is 10.9 Å². The molecule has 0 aliphatic rings. The lowest BCUT2D eigenvalue weighted by Crippen LogP contribution is -1.87. The SMILES string of the molecule is COc1cc(C=Nc2cccc(-c3nnc(N)s3)c2)ccc1O. The Kier molecular flexibility index (Phi) is 4.20. The topological polar surface area (TPSA) is 93.6 Å². The van der Waals surface area contributed by atoms with Gasteiger partial charge in [0.15, 0.2) is 11.5 Å². The van der Waals surface area contributed by atoms with Crippen molar-refractivity contribution in [1.82, 2.24) is 10.2 Å². The fourth-order valence-electron chi connectivity index (χ4n) is 1.99. The normalized spacial score (nSPS) is 11.0. The average molecular weight is 326 g/mol. The van der Waals surface area contributed by atoms with Crippen molar-refractivity contribution in [2.45, 2.75) is 0 Å². The zero-order valence-electron chi connectivity index (χ0n) is 12.3. The minimum Gasteiger partial charge on any atom is -0.504 e. The maximum Gasteiger partial charge on any atom is 0.203 e. The zero-order chi connectivity index (χ0) is 16.2. The van der Waals surface area contributed by atoms with E-state index in [-0.39, 0.29) is 5.75 Å². The van der Waals surface area contributed by atoms with Gasteiger partial charge in [0.2, 0.25) is 5.13 Å². The molecule has 6 nitrogen and oxygen atoms in total. The predicted octanol–water partition coefficient (Wildman–Crippen LogP) is 3.25. The number of hydrogen-bond donors (Lipinski definition) is 2. The number of aliphatic imine (C=N–C) groups is 1. The molecule has 3 aromatic rings. The van der Waals surface area contributed by atoms with Crippen LogP contribution in [-0.4, -0.2) is 28.6 Å². The highest BCUT2D eigenvalue weighted by Gasteiger charge is 2.05. The minimum atomic E-state index is 0.0977. The van der Waals surface area contributed by atoms with E-state index in [9.17, 15) is 5.11 Å². The summed E-state index contributed by atoms with van der Waals surface area (Å²) in [6, 6.07) is 12.7. The van der Waals surface area contributed by atoms with Gasteiger partial charge in [0.25, 0.3) is 0 Å². The van der Waals surface area contributed by atoms with Crippen LogP contribution in [0, 0.1) is 0 Å². The molecule has 23 heavy (non-hydrogen) atoms. The van der Waals surface area contributed by atoms with Gasteiger partial charge in [-0.15, -0.1) is 10.2 Å². The molecule has 7 heteroatoms. The predicted molar refractivity (Wildman–Crippen MR) is 91.7 cm³/mol. The molecule has 0 spiro atoms. The van der Waals surface area contributed by atoms with Gasteiger partial charge >= 0.3 is 0 Å². The Morgan fingerprint density at radius 2 is 2.09 bits per heavy atom. The van der Waals surface area contributed by atoms with Gasteiger partial charge < -0.3 is 15.6 Å². The molecule has 1 heterocycles. The van der Waals surface area contributed by atoms with Gasteiger partial charge in [-0.1, -0.05) is 23.5 Å². The molecule has 3 N–H and O–H groups in total. The van der Waals surface area contributed by atoms with Crippen LogP contribution in [0.2, 0.25) is 0 Å². The van der Waals surface area contributed by atoms with Crippen molar-refractivity contribution in [3.8, 4) is 22.1 Å². The number of aromatic hydroxyl groups is 1. The van der Waals surface area contributed by atoms with E-state index in [1.165, 1.54) is 18.4 Å². The number of nitrogens with zero attached hydrogens (tertiary/aromatic N) is 3. The quantitative estimate of drug-likeness (QED) is 0.718. The van der Waals surface area contributed by atoms with Gasteiger partial charge in [-0.25, -0.2) is 0 Å². The van der Waals surface area contributed by atoms with Crippen molar-refractivity contribution in [3.63, 3.8) is 0 Å². The van der Waals surface area contributed by atoms with Crippen molar-refractivity contribution in [2.75, 3.05) is 12.8 Å². The van der Waals surface area contributed by atoms with Gasteiger partial charge in [-0.3, -0.25) is 4.99 Å². The lowest BCUT2D eigenvalue weighted by Gasteiger charge is -2.03. The van der Waals surface area contributed by atoms with Crippen LogP contribution in [-0.2, 0) is 0 Å². The Hall–Kier alpha value is -2.93. The molecule has 3 rings (SSSR count). The molecule has 0 fully saturated rings. The molecule has 0 saturated carbocycles. The van der Waals surface area contributed by atoms with Crippen molar-refractivity contribution >= 4 is 28.4 Å². The number of nitrogens with two attached hydrogens (primary N) is 1. The third-order valence-electron chi connectivity index (χ3n) is 3.10. The van der Waals surface area contributed by atoms with E-state index in [2.05, 4.69) is 15.2 Å². The molecule has 0 aliphatic carbocycles. The summed E-state index contributed by atoms with van der Waals surface area (Å²) in [6.07, 6.45) is 1.70. The average Bonchev–Trinajstić information content (AvgIpc) is 3.01. The van der Waals surface area contributed by atoms with Gasteiger partial charge in [-0.05, 0) is 35.9 Å². The fraction of sp³-hybridized carbons (Fsp3) is 0.0625. The largest absolute Gasteiger partial charge is 0.504 e. The third kappa shape index (κ3) is 3.46. The van der Waals surface area contributed by atoms with Crippen molar-refractivity contribution < 1.29 is 9.84 Å². The number of phenolic OH excluding ortho intramolecular Hbond substituents is 1. The van der Waals surface area contributed by atoms with Gasteiger partial charge in [0.1, 0.15) is 5.01 Å². The molecule has 116 valence electrons. The second-order valence-electron chi connectivity index (χ2n) is 4.69. The lowest BCUT2D eigenvalue weighted by molar-refractivity contribution is 0.373. The standard InChI is InChI=1S/C16H14N4O2S/c1-22-14-7-10(5-6-13(14)21)9-18-12-4-2-3-11(8-12)15-19-20-16(17)23-15/h2-9,21H,1H3,(H2,17,20). The third-order valence-corrected chi connectivity index (χ3v) is 3.90. The maximum atomic E-state index is 9.59. The molecule has 0 saturated heterocycles. The number of methoxy groups -OCH3 is 1. The van der Waals surface area contributed by atoms with E-state index in [1.54, 1.807) is 24.4 Å². The number of aromatic nitrogens is 2. The summed E-state index contributed by atoms with van der Waals surface area (Å²) < 4.78 is 5.08. The van der Waals surface area contributed by atoms with Gasteiger partial charge in [0.05, 0.1) is 12.8 Å². The second-order valence-corrected chi connectivity index (χ2v) is 5.69. The van der Waals surface area contributed by atoms with Crippen molar-refractivity contribution in [2.24, 2.45) is 4.99 Å². The number of rotatable bonds is 4. The maximum absolute atomic E-state index is 9.59. The first-order chi connectivity index (χ1) is 11.2. The van der Waals surface area contributed by atoms with Crippen molar-refractivity contribution in [3.05, 3.63) is 48.0 Å². The van der Waals surface area contributed by atoms with Crippen LogP contribution in [0.25, 0.3) is 10.6 Å². The van der Waals surface area contributed by atoms with E-state index >= 15 is 0 Å². The van der Waals surface area contributed by atoms with Crippen LogP contribution in [0.5, 0.6) is 11.5 Å². The Bertz CT molecular complexity index is 861. The molecular formula is C16H14N4O2S. The Labute approximate surface area is 136 Å². The van der Waals surface area contributed by atoms with Crippen LogP contribution in [0.3, 0.4) is 0 Å². The molecule has 2 aromatic carbocycles. The second kappa shape index (κ2) is 6.45. The summed E-state index contributed by atoms with van der Waals surface area (Å²) >= 11 is 1.33. The summed E-state index contributed by atoms with van der Waals surface area (Å²) in [4.78, 5) is 4.44. The molecule has 0 atom stereocenters. The van der Waals surface area contributed by atoms with Crippen LogP contribution in [0.1, 0.15) is 5.56 Å². The van der Waals surface area contributed by atoms with E-state index < -0.39 is 0 Å². The Balaban J connectivity index is 1.85. The molecule has 0 radical (unpaired) electrons. The summed E-state index contributed by atoms with van der Waals surface area (Å²) in [7, 11) is 1.51. The number of nitrogen functional groups attached to an aromatic ring is 1. The number of benzene rings is 2. The lowest BCUT2D eigenvalue weighted by atomic mass is 10.2. The van der Waals surface area contributed by atoms with E-state index in [0.717, 1.165) is 21.8 Å². The molecule has 0 unspecified atom stereocenters. The van der Waals surface area contributed by atoms with Crippen LogP contribution in [0.4, 0.5) is 10.8 Å². The van der Waals surface area contributed by atoms with Crippen molar-refractivity contribution in [1.29, 1.82) is 0 Å². The highest BCUT2D eigenvalue weighted by atomic mass is 32.1. The molecule has 0 amide bonds. The summed E-state index contributed by atoms with van der Waals surface area (Å²) in [5.74, 6) is 0.507. The smallest absolute Gasteiger partial charge is 0.203 e.